The molecule has 0 fully saturated rings. The van der Waals surface area contributed by atoms with Crippen molar-refractivity contribution < 1.29 is 18.7 Å². The molecule has 0 aliphatic rings. The highest BCUT2D eigenvalue weighted by molar-refractivity contribution is 7.07. The predicted octanol–water partition coefficient (Wildman–Crippen LogP) is 3.40. The van der Waals surface area contributed by atoms with Gasteiger partial charge in [-0.2, -0.15) is 0 Å². The maximum Gasteiger partial charge on any atom is 0.327 e. The summed E-state index contributed by atoms with van der Waals surface area (Å²) in [7, 11) is 0. The summed E-state index contributed by atoms with van der Waals surface area (Å²) in [6.45, 7) is 9.22. The summed E-state index contributed by atoms with van der Waals surface area (Å²) in [6, 6.07) is 4.60. The summed E-state index contributed by atoms with van der Waals surface area (Å²) < 4.78 is 21.2. The molecule has 0 aliphatic carbocycles. The average Bonchev–Trinajstić information content (AvgIpc) is 3.05. The second-order valence-electron chi connectivity index (χ2n) is 8.85. The highest BCUT2D eigenvalue weighted by Crippen LogP contribution is 2.21. The Labute approximate surface area is 179 Å². The highest BCUT2D eigenvalue weighted by atomic mass is 32.1. The van der Waals surface area contributed by atoms with Crippen molar-refractivity contribution in [3.8, 4) is 0 Å². The van der Waals surface area contributed by atoms with E-state index >= 15 is 0 Å². The quantitative estimate of drug-likeness (QED) is 0.650. The number of carbonyl (C=O) groups is 2. The maximum atomic E-state index is 14.4. The molecule has 0 saturated heterocycles. The molecule has 2 aromatic rings. The van der Waals surface area contributed by atoms with E-state index < -0.39 is 17.3 Å². The number of halogens is 1. The second kappa shape index (κ2) is 9.53. The summed E-state index contributed by atoms with van der Waals surface area (Å²) in [5, 5.41) is 4.42. The van der Waals surface area contributed by atoms with Crippen molar-refractivity contribution in [1.82, 2.24) is 4.57 Å². The van der Waals surface area contributed by atoms with E-state index in [0.717, 1.165) is 0 Å². The molecule has 3 N–H and O–H groups in total. The molecule has 30 heavy (non-hydrogen) atoms. The Morgan fingerprint density at radius 1 is 1.27 bits per heavy atom. The highest BCUT2D eigenvalue weighted by Gasteiger charge is 2.23. The number of esters is 1. The summed E-state index contributed by atoms with van der Waals surface area (Å²) in [5.74, 6) is -1.25. The molecule has 2 rings (SSSR count). The molecule has 9 heteroatoms. The van der Waals surface area contributed by atoms with E-state index in [0.29, 0.717) is 16.8 Å². The van der Waals surface area contributed by atoms with Crippen molar-refractivity contribution in [3.63, 3.8) is 0 Å². The van der Waals surface area contributed by atoms with Gasteiger partial charge in [0.15, 0.2) is 11.5 Å². The van der Waals surface area contributed by atoms with E-state index in [2.05, 4.69) is 10.3 Å². The van der Waals surface area contributed by atoms with Crippen LogP contribution in [-0.2, 0) is 27.6 Å². The summed E-state index contributed by atoms with van der Waals surface area (Å²) >= 11 is 1.37. The number of nitrogens with zero attached hydrogens (tertiary/aromatic N) is 2. The average molecular weight is 437 g/mol. The Kier molecular flexibility index (Phi) is 7.54. The minimum absolute atomic E-state index is 0.00506. The molecule has 0 bridgehead atoms. The molecular weight excluding hydrogens is 407 g/mol. The number of carbonyl (C=O) groups excluding carboxylic acids is 2. The molecule has 1 heterocycles. The molecule has 7 nitrogen and oxygen atoms in total. The number of benzene rings is 1. The molecule has 164 valence electrons. The summed E-state index contributed by atoms with van der Waals surface area (Å²) in [4.78, 5) is 28.9. The van der Waals surface area contributed by atoms with E-state index in [1.54, 1.807) is 30.7 Å². The smallest absolute Gasteiger partial charge is 0.327 e. The molecule has 0 unspecified atom stereocenters. The van der Waals surface area contributed by atoms with Crippen LogP contribution in [0.25, 0.3) is 0 Å². The van der Waals surface area contributed by atoms with E-state index in [4.69, 9.17) is 10.5 Å². The minimum Gasteiger partial charge on any atom is -0.442 e. The van der Waals surface area contributed by atoms with Crippen LogP contribution in [0.4, 0.5) is 10.1 Å². The fourth-order valence-corrected chi connectivity index (χ4v) is 3.15. The van der Waals surface area contributed by atoms with Crippen molar-refractivity contribution in [3.05, 3.63) is 46.0 Å². The first kappa shape index (κ1) is 23.8. The van der Waals surface area contributed by atoms with Crippen molar-refractivity contribution in [2.75, 3.05) is 5.32 Å². The van der Waals surface area contributed by atoms with Gasteiger partial charge in [0.25, 0.3) is 0 Å². The summed E-state index contributed by atoms with van der Waals surface area (Å²) in [6.07, 6.45) is 2.04. The van der Waals surface area contributed by atoms with Gasteiger partial charge in [0.1, 0.15) is 11.4 Å². The van der Waals surface area contributed by atoms with Crippen LogP contribution in [0.3, 0.4) is 0 Å². The van der Waals surface area contributed by atoms with Crippen molar-refractivity contribution in [2.45, 2.75) is 59.9 Å². The van der Waals surface area contributed by atoms with E-state index in [1.807, 2.05) is 26.2 Å². The van der Waals surface area contributed by atoms with Crippen LogP contribution < -0.4 is 15.9 Å². The predicted molar refractivity (Wildman–Crippen MR) is 115 cm³/mol. The van der Waals surface area contributed by atoms with Gasteiger partial charge in [-0.15, -0.1) is 11.3 Å². The number of anilines is 1. The van der Waals surface area contributed by atoms with Crippen LogP contribution in [0.5, 0.6) is 0 Å². The lowest BCUT2D eigenvalue weighted by Crippen LogP contribution is -2.43. The zero-order chi connectivity index (χ0) is 22.5. The number of ether oxygens (including phenoxy) is 1. The molecule has 1 aromatic carbocycles. The molecule has 1 amide bonds. The van der Waals surface area contributed by atoms with Gasteiger partial charge in [-0.3, -0.25) is 19.1 Å². The largest absolute Gasteiger partial charge is 0.442 e. The lowest BCUT2D eigenvalue weighted by atomic mass is 9.92. The molecule has 0 spiro atoms. The monoisotopic (exact) mass is 436 g/mol. The number of hydrogen-bond donors (Lipinski definition) is 2. The molecule has 0 radical (unpaired) electrons. The number of nitrogens with two attached hydrogens (primary N) is 1. The lowest BCUT2D eigenvalue weighted by Gasteiger charge is -2.17. The van der Waals surface area contributed by atoms with Gasteiger partial charge < -0.3 is 15.8 Å². The minimum atomic E-state index is -1.07. The van der Waals surface area contributed by atoms with Gasteiger partial charge in [-0.1, -0.05) is 26.8 Å². The Morgan fingerprint density at radius 2 is 1.97 bits per heavy atom. The lowest BCUT2D eigenvalue weighted by molar-refractivity contribution is -0.152. The van der Waals surface area contributed by atoms with Crippen molar-refractivity contribution >= 4 is 28.9 Å². The van der Waals surface area contributed by atoms with Crippen LogP contribution in [0.2, 0.25) is 0 Å². The fourth-order valence-electron chi connectivity index (χ4n) is 2.43. The van der Waals surface area contributed by atoms with Crippen LogP contribution >= 0.6 is 11.3 Å². The van der Waals surface area contributed by atoms with Crippen LogP contribution in [-0.4, -0.2) is 22.0 Å². The molecule has 0 saturated carbocycles. The van der Waals surface area contributed by atoms with E-state index in [1.165, 1.54) is 23.5 Å². The standard InChI is InChI=1S/C21H29FN4O3S/c1-20(2,3)11-17(27)25-16-7-6-14(10-15(16)22)12-24-19-26(8-9-30-19)13-29-18(28)21(4,5)23/h6-10H,11-13,23H2,1-5H3,(H,25,27). The summed E-state index contributed by atoms with van der Waals surface area (Å²) in [5.41, 5.74) is 5.26. The Bertz CT molecular complexity index is 968. The Hall–Kier alpha value is -2.52. The van der Waals surface area contributed by atoms with Gasteiger partial charge in [0.05, 0.1) is 12.2 Å². The molecule has 0 atom stereocenters. The van der Waals surface area contributed by atoms with E-state index in [-0.39, 0.29) is 30.3 Å². The normalized spacial score (nSPS) is 12.7. The van der Waals surface area contributed by atoms with Gasteiger partial charge in [-0.25, -0.2) is 4.39 Å². The Morgan fingerprint density at radius 3 is 2.57 bits per heavy atom. The zero-order valence-electron chi connectivity index (χ0n) is 18.0. The first-order valence-electron chi connectivity index (χ1n) is 9.54. The number of thiazole rings is 1. The molecular formula is C21H29FN4O3S. The van der Waals surface area contributed by atoms with Gasteiger partial charge in [-0.05, 0) is 37.0 Å². The van der Waals surface area contributed by atoms with Gasteiger partial charge in [0.2, 0.25) is 5.91 Å². The number of rotatable bonds is 7. The number of aromatic nitrogens is 1. The number of hydrogen-bond acceptors (Lipinski definition) is 6. The van der Waals surface area contributed by atoms with Crippen molar-refractivity contribution in [1.29, 1.82) is 0 Å². The van der Waals surface area contributed by atoms with Gasteiger partial charge >= 0.3 is 5.97 Å². The van der Waals surface area contributed by atoms with Crippen LogP contribution in [0.1, 0.15) is 46.6 Å². The maximum absolute atomic E-state index is 14.4. The third-order valence-electron chi connectivity index (χ3n) is 3.92. The first-order valence-corrected chi connectivity index (χ1v) is 10.4. The molecule has 0 aliphatic heterocycles. The third-order valence-corrected chi connectivity index (χ3v) is 4.75. The zero-order valence-corrected chi connectivity index (χ0v) is 18.8. The van der Waals surface area contributed by atoms with Crippen molar-refractivity contribution in [2.24, 2.45) is 16.1 Å². The number of nitrogens with one attached hydrogen (secondary N) is 1. The third kappa shape index (κ3) is 7.38. The fraction of sp³-hybridized carbons (Fsp3) is 0.476. The molecule has 1 aromatic heterocycles. The SMILES string of the molecule is CC(C)(C)CC(=O)Nc1ccc(CN=c2sccn2COC(=O)C(C)(C)N)cc1F. The first-order chi connectivity index (χ1) is 13.8. The van der Waals surface area contributed by atoms with Gasteiger partial charge in [0, 0.05) is 18.0 Å². The van der Waals surface area contributed by atoms with Crippen LogP contribution in [0.15, 0.2) is 34.8 Å². The topological polar surface area (TPSA) is 98.7 Å². The second-order valence-corrected chi connectivity index (χ2v) is 9.73. The Balaban J connectivity index is 2.04. The number of amides is 1. The van der Waals surface area contributed by atoms with Crippen LogP contribution in [0, 0.1) is 11.2 Å². The van der Waals surface area contributed by atoms with E-state index in [9.17, 15) is 14.0 Å².